The highest BCUT2D eigenvalue weighted by atomic mass is 19.4. The largest absolute Gasteiger partial charge is 0.456 e. The molecule has 1 heterocycles. The second kappa shape index (κ2) is 14.5. The lowest BCUT2D eigenvalue weighted by Crippen LogP contribution is -2.44. The number of alkyl halides is 3. The molecule has 0 saturated carbocycles. The molecule has 11 nitrogen and oxygen atoms in total. The Labute approximate surface area is 267 Å². The summed E-state index contributed by atoms with van der Waals surface area (Å²) >= 11 is 0. The fourth-order valence-electron chi connectivity index (χ4n) is 5.69. The highest BCUT2D eigenvalue weighted by Gasteiger charge is 2.55. The van der Waals surface area contributed by atoms with Gasteiger partial charge in [-0.1, -0.05) is 36.4 Å². The molecule has 1 saturated heterocycles. The number of hydrogen-bond donors (Lipinski definition) is 3. The van der Waals surface area contributed by atoms with Gasteiger partial charge in [-0.2, -0.15) is 13.2 Å². The fraction of sp³-hybridized carbons (Fsp3) is 0.394. The summed E-state index contributed by atoms with van der Waals surface area (Å²) in [4.78, 5) is 50.0. The molecule has 14 heteroatoms. The molecule has 0 unspecified atom stereocenters. The Morgan fingerprint density at radius 3 is 2.45 bits per heavy atom. The lowest BCUT2D eigenvalue weighted by Gasteiger charge is -2.30. The van der Waals surface area contributed by atoms with Crippen LogP contribution in [0.5, 0.6) is 0 Å². The van der Waals surface area contributed by atoms with E-state index in [-0.39, 0.29) is 49.6 Å². The minimum atomic E-state index is -4.66. The van der Waals surface area contributed by atoms with Gasteiger partial charge in [0.05, 0.1) is 12.2 Å². The quantitative estimate of drug-likeness (QED) is 0.245. The first-order valence-corrected chi connectivity index (χ1v) is 15.0. The number of halogens is 3. The lowest BCUT2D eigenvalue weighted by atomic mass is 9.91. The second-order valence-electron chi connectivity index (χ2n) is 11.3. The summed E-state index contributed by atoms with van der Waals surface area (Å²) < 4.78 is 59.9. The number of ether oxygens (including phenoxy) is 4. The van der Waals surface area contributed by atoms with Crippen molar-refractivity contribution in [3.8, 4) is 0 Å². The van der Waals surface area contributed by atoms with Gasteiger partial charge in [0, 0.05) is 50.4 Å². The van der Waals surface area contributed by atoms with Crippen molar-refractivity contribution in [2.75, 3.05) is 26.3 Å². The van der Waals surface area contributed by atoms with E-state index in [1.54, 1.807) is 6.08 Å². The van der Waals surface area contributed by atoms with Crippen LogP contribution >= 0.6 is 0 Å². The average Bonchev–Trinajstić information content (AvgIpc) is 3.59. The molecular formula is C33H33F3N2O9. The molecule has 2 amide bonds. The van der Waals surface area contributed by atoms with Crippen LogP contribution in [0.25, 0.3) is 6.08 Å². The first-order chi connectivity index (χ1) is 22.4. The monoisotopic (exact) mass is 658 g/mol. The van der Waals surface area contributed by atoms with E-state index < -0.39 is 54.7 Å². The zero-order valence-electron chi connectivity index (χ0n) is 25.1. The molecule has 3 atom stereocenters. The van der Waals surface area contributed by atoms with Gasteiger partial charge in [0.25, 0.3) is 0 Å². The van der Waals surface area contributed by atoms with Gasteiger partial charge in [-0.25, -0.2) is 9.59 Å². The Morgan fingerprint density at radius 1 is 1.00 bits per heavy atom. The van der Waals surface area contributed by atoms with Crippen LogP contribution in [0.4, 0.5) is 13.2 Å². The fourth-order valence-corrected chi connectivity index (χ4v) is 5.69. The summed E-state index contributed by atoms with van der Waals surface area (Å²) in [5, 5.41) is 14.1. The summed E-state index contributed by atoms with van der Waals surface area (Å²) in [6, 6.07) is 13.7. The van der Waals surface area contributed by atoms with Crippen LogP contribution in [-0.4, -0.2) is 85.4 Å². The van der Waals surface area contributed by atoms with Gasteiger partial charge in [-0.15, -0.1) is 0 Å². The van der Waals surface area contributed by atoms with Crippen molar-refractivity contribution in [3.05, 3.63) is 88.5 Å². The number of esters is 2. The van der Waals surface area contributed by atoms with Gasteiger partial charge < -0.3 is 34.7 Å². The second-order valence-corrected chi connectivity index (χ2v) is 11.3. The molecule has 0 aromatic heterocycles. The normalized spacial score (nSPS) is 21.1. The zero-order chi connectivity index (χ0) is 33.6. The summed E-state index contributed by atoms with van der Waals surface area (Å²) in [6.45, 7) is -1.79. The Kier molecular flexibility index (Phi) is 10.4. The highest BCUT2D eigenvalue weighted by molar-refractivity contribution is 5.95. The Bertz CT molecular complexity index is 1550. The zero-order valence-corrected chi connectivity index (χ0v) is 25.1. The number of amides is 2. The van der Waals surface area contributed by atoms with E-state index in [0.29, 0.717) is 18.4 Å². The average molecular weight is 659 g/mol. The molecule has 47 heavy (non-hydrogen) atoms. The number of nitrogens with one attached hydrogen (secondary N) is 2. The number of carbonyl (C=O) groups is 4. The van der Waals surface area contributed by atoms with Crippen molar-refractivity contribution in [1.82, 2.24) is 10.6 Å². The number of carbonyl (C=O) groups excluding carboxylic acids is 4. The summed E-state index contributed by atoms with van der Waals surface area (Å²) in [5.41, 5.74) is 2.83. The molecule has 250 valence electrons. The number of hydrogen-bond acceptors (Lipinski definition) is 9. The van der Waals surface area contributed by atoms with E-state index in [1.807, 2.05) is 24.3 Å². The van der Waals surface area contributed by atoms with Gasteiger partial charge in [0.15, 0.2) is 12.4 Å². The third-order valence-corrected chi connectivity index (χ3v) is 7.75. The number of aliphatic hydroxyl groups excluding tert-OH is 1. The predicted molar refractivity (Wildman–Crippen MR) is 158 cm³/mol. The van der Waals surface area contributed by atoms with Crippen LogP contribution in [0.2, 0.25) is 0 Å². The maximum Gasteiger partial charge on any atom is 0.422 e. The summed E-state index contributed by atoms with van der Waals surface area (Å²) in [7, 11) is 0. The first-order valence-electron chi connectivity index (χ1n) is 15.0. The van der Waals surface area contributed by atoms with Crippen LogP contribution in [0.1, 0.15) is 39.9 Å². The Balaban J connectivity index is 1.29. The van der Waals surface area contributed by atoms with Crippen LogP contribution in [-0.2, 0) is 46.2 Å². The van der Waals surface area contributed by atoms with Gasteiger partial charge in [-0.05, 0) is 41.0 Å². The third-order valence-electron chi connectivity index (χ3n) is 7.75. The van der Waals surface area contributed by atoms with Crippen molar-refractivity contribution >= 4 is 29.8 Å². The number of benzene rings is 2. The van der Waals surface area contributed by atoms with Crippen molar-refractivity contribution in [1.29, 1.82) is 0 Å². The third kappa shape index (κ3) is 8.84. The topological polar surface area (TPSA) is 149 Å². The molecule has 1 fully saturated rings. The van der Waals surface area contributed by atoms with Gasteiger partial charge in [-0.3, -0.25) is 9.59 Å². The van der Waals surface area contributed by atoms with E-state index in [2.05, 4.69) is 15.4 Å². The minimum absolute atomic E-state index is 0.00466. The maximum absolute atomic E-state index is 13.4. The Hall–Kier alpha value is -4.53. The van der Waals surface area contributed by atoms with E-state index in [9.17, 15) is 32.3 Å². The molecule has 2 aromatic carbocycles. The summed E-state index contributed by atoms with van der Waals surface area (Å²) in [5.74, 6) is -3.78. The van der Waals surface area contributed by atoms with Crippen LogP contribution in [0, 0.1) is 0 Å². The molecule has 0 bridgehead atoms. The van der Waals surface area contributed by atoms with Gasteiger partial charge in [0.1, 0.15) is 18.3 Å². The summed E-state index contributed by atoms with van der Waals surface area (Å²) in [6.07, 6.45) is -2.46. The number of aliphatic hydroxyl groups is 1. The van der Waals surface area contributed by atoms with E-state index in [0.717, 1.165) is 17.2 Å². The van der Waals surface area contributed by atoms with Crippen LogP contribution < -0.4 is 10.6 Å². The SMILES string of the molecule is O=C(CCNC(=O)C1=C[C@H]2OC3(Cc4ccccc4C3)O[C@H]2[C@H](OC(=O)c2cccc(C=CC(=O)OCC(F)(F)F)c2)C1)NCCO. The van der Waals surface area contributed by atoms with Gasteiger partial charge >= 0.3 is 18.1 Å². The molecule has 3 N–H and O–H groups in total. The number of rotatable bonds is 11. The van der Waals surface area contributed by atoms with E-state index >= 15 is 0 Å². The van der Waals surface area contributed by atoms with Crippen molar-refractivity contribution in [2.24, 2.45) is 0 Å². The Morgan fingerprint density at radius 2 is 1.74 bits per heavy atom. The maximum atomic E-state index is 13.4. The van der Waals surface area contributed by atoms with Crippen LogP contribution in [0.15, 0.2) is 66.3 Å². The van der Waals surface area contributed by atoms with Gasteiger partial charge in [0.2, 0.25) is 11.8 Å². The smallest absolute Gasteiger partial charge is 0.422 e. The standard InChI is InChI=1S/C33H33F3N2O9/c34-33(35,36)19-44-28(41)9-8-20-4-3-7-21(14-20)31(43)45-25-15-24(30(42)38-11-10-27(40)37-12-13-39)16-26-29(25)47-32(46-26)17-22-5-1-2-6-23(22)18-32/h1-9,14,16,25-26,29,39H,10-13,15,17-19H2,(H,37,40)(H,38,42)/t25-,26-,29+/m1/s1. The molecule has 2 aliphatic carbocycles. The molecule has 5 rings (SSSR count). The molecule has 3 aliphatic rings. The van der Waals surface area contributed by atoms with E-state index in [1.165, 1.54) is 30.3 Å². The molecule has 1 aliphatic heterocycles. The lowest BCUT2D eigenvalue weighted by molar-refractivity contribution is -0.182. The van der Waals surface area contributed by atoms with E-state index in [4.69, 9.17) is 19.3 Å². The molecule has 0 radical (unpaired) electrons. The predicted octanol–water partition coefficient (Wildman–Crippen LogP) is 2.55. The molecule has 2 aromatic rings. The van der Waals surface area contributed by atoms with Crippen molar-refractivity contribution < 1.29 is 56.4 Å². The number of fused-ring (bicyclic) bond motifs is 2. The molecule has 1 spiro atoms. The highest BCUT2D eigenvalue weighted by Crippen LogP contribution is 2.45. The van der Waals surface area contributed by atoms with Crippen LogP contribution in [0.3, 0.4) is 0 Å². The van der Waals surface area contributed by atoms with Crippen molar-refractivity contribution in [3.63, 3.8) is 0 Å². The van der Waals surface area contributed by atoms with Crippen molar-refractivity contribution in [2.45, 2.75) is 56.0 Å². The molecular weight excluding hydrogens is 625 g/mol. The first kappa shape index (κ1) is 33.8. The minimum Gasteiger partial charge on any atom is -0.456 e.